The number of amides is 1. The number of rotatable bonds is 4. The molecule has 0 aromatic rings. The molecule has 0 aromatic heterocycles. The van der Waals surface area contributed by atoms with Gasteiger partial charge >= 0.3 is 6.09 Å². The highest BCUT2D eigenvalue weighted by molar-refractivity contribution is 5.68. The summed E-state index contributed by atoms with van der Waals surface area (Å²) < 4.78 is 19.0. The zero-order chi connectivity index (χ0) is 14.7. The zero-order valence-electron chi connectivity index (χ0n) is 11.9. The van der Waals surface area contributed by atoms with Gasteiger partial charge < -0.3 is 19.8 Å². The van der Waals surface area contributed by atoms with Crippen LogP contribution >= 0.6 is 0 Å². The molecular formula is C13H24FNO4. The Kier molecular flexibility index (Phi) is 5.15. The van der Waals surface area contributed by atoms with Gasteiger partial charge in [0.2, 0.25) is 0 Å². The Morgan fingerprint density at radius 2 is 2.21 bits per heavy atom. The highest BCUT2D eigenvalue weighted by Gasteiger charge is 2.40. The van der Waals surface area contributed by atoms with Gasteiger partial charge in [-0.3, -0.25) is 0 Å². The van der Waals surface area contributed by atoms with Gasteiger partial charge in [0.1, 0.15) is 11.8 Å². The summed E-state index contributed by atoms with van der Waals surface area (Å²) >= 11 is 0. The summed E-state index contributed by atoms with van der Waals surface area (Å²) in [7, 11) is 0. The van der Waals surface area contributed by atoms with E-state index in [1.165, 1.54) is 11.8 Å². The molecule has 0 bridgehead atoms. The van der Waals surface area contributed by atoms with Gasteiger partial charge in [0.15, 0.2) is 0 Å². The van der Waals surface area contributed by atoms with E-state index >= 15 is 0 Å². The first-order chi connectivity index (χ1) is 8.68. The fourth-order valence-electron chi connectivity index (χ4n) is 2.02. The maximum atomic E-state index is 13.7. The molecule has 1 amide bonds. The molecule has 0 radical (unpaired) electrons. The highest BCUT2D eigenvalue weighted by Crippen LogP contribution is 2.26. The number of carbonyl (C=O) groups excluding carboxylic acids is 1. The van der Waals surface area contributed by atoms with Crippen molar-refractivity contribution in [2.24, 2.45) is 0 Å². The van der Waals surface area contributed by atoms with Crippen LogP contribution < -0.4 is 0 Å². The van der Waals surface area contributed by atoms with Crippen LogP contribution in [0.2, 0.25) is 0 Å². The third-order valence-electron chi connectivity index (χ3n) is 3.50. The molecule has 1 saturated heterocycles. The Balaban J connectivity index is 2.51. The number of ether oxygens (including phenoxy) is 1. The van der Waals surface area contributed by atoms with E-state index < -0.39 is 23.5 Å². The molecular weight excluding hydrogens is 253 g/mol. The number of hydrogen-bond acceptors (Lipinski definition) is 4. The number of aliphatic hydroxyl groups excluding tert-OH is 1. The summed E-state index contributed by atoms with van der Waals surface area (Å²) in [6, 6.07) is 0. The van der Waals surface area contributed by atoms with E-state index in [-0.39, 0.29) is 26.1 Å². The molecule has 0 saturated carbocycles. The summed E-state index contributed by atoms with van der Waals surface area (Å²) in [5.41, 5.74) is -2.06. The van der Waals surface area contributed by atoms with E-state index in [2.05, 4.69) is 0 Å². The molecule has 0 aliphatic carbocycles. The smallest absolute Gasteiger partial charge is 0.410 e. The quantitative estimate of drug-likeness (QED) is 0.816. The second kappa shape index (κ2) is 6.05. The van der Waals surface area contributed by atoms with Gasteiger partial charge in [-0.2, -0.15) is 0 Å². The Morgan fingerprint density at radius 3 is 2.74 bits per heavy atom. The summed E-state index contributed by atoms with van der Waals surface area (Å²) in [5, 5.41) is 18.5. The molecule has 2 atom stereocenters. The van der Waals surface area contributed by atoms with Crippen molar-refractivity contribution in [3.8, 4) is 0 Å². The number of piperidine rings is 1. The minimum atomic E-state index is -1.46. The average Bonchev–Trinajstić information content (AvgIpc) is 2.29. The van der Waals surface area contributed by atoms with Gasteiger partial charge in [-0.15, -0.1) is 0 Å². The second-order valence-corrected chi connectivity index (χ2v) is 5.98. The van der Waals surface area contributed by atoms with Gasteiger partial charge in [-0.05, 0) is 40.0 Å². The minimum Gasteiger partial charge on any atom is -0.443 e. The number of hydrogen-bond donors (Lipinski definition) is 2. The van der Waals surface area contributed by atoms with E-state index in [1.54, 1.807) is 13.8 Å². The van der Waals surface area contributed by atoms with Crippen LogP contribution in [0.3, 0.4) is 0 Å². The maximum absolute atomic E-state index is 13.7. The van der Waals surface area contributed by atoms with Crippen LogP contribution in [0.1, 0.15) is 40.0 Å². The molecule has 1 heterocycles. The van der Waals surface area contributed by atoms with E-state index in [1.807, 2.05) is 0 Å². The first-order valence-electron chi connectivity index (χ1n) is 6.63. The molecule has 5 nitrogen and oxygen atoms in total. The average molecular weight is 277 g/mol. The fraction of sp³-hybridized carbons (Fsp3) is 0.923. The topological polar surface area (TPSA) is 70.0 Å². The maximum Gasteiger partial charge on any atom is 0.410 e. The second-order valence-electron chi connectivity index (χ2n) is 5.98. The highest BCUT2D eigenvalue weighted by atomic mass is 19.1. The largest absolute Gasteiger partial charge is 0.443 e. The number of carbonyl (C=O) groups is 1. The first-order valence-corrected chi connectivity index (χ1v) is 6.63. The molecule has 6 heteroatoms. The van der Waals surface area contributed by atoms with Gasteiger partial charge in [0.25, 0.3) is 0 Å². The molecule has 1 aliphatic rings. The number of alkyl halides is 1. The summed E-state index contributed by atoms with van der Waals surface area (Å²) in [4.78, 5) is 13.2. The lowest BCUT2D eigenvalue weighted by Gasteiger charge is -2.39. The Morgan fingerprint density at radius 1 is 1.58 bits per heavy atom. The number of halogens is 1. The number of aliphatic hydroxyl groups is 2. The molecule has 1 unspecified atom stereocenters. The normalized spacial score (nSPS) is 28.3. The van der Waals surface area contributed by atoms with Crippen molar-refractivity contribution in [3.63, 3.8) is 0 Å². The van der Waals surface area contributed by atoms with Gasteiger partial charge in [-0.1, -0.05) is 0 Å². The third-order valence-corrected chi connectivity index (χ3v) is 3.50. The number of likely N-dealkylation sites (tertiary alicyclic amines) is 1. The molecule has 0 aromatic carbocycles. The third kappa shape index (κ3) is 4.62. The van der Waals surface area contributed by atoms with E-state index in [4.69, 9.17) is 9.84 Å². The first kappa shape index (κ1) is 16.2. The summed E-state index contributed by atoms with van der Waals surface area (Å²) in [6.07, 6.45) is -0.753. The summed E-state index contributed by atoms with van der Waals surface area (Å²) in [6.45, 7) is 5.12. The van der Waals surface area contributed by atoms with Crippen molar-refractivity contribution in [2.75, 3.05) is 19.7 Å². The van der Waals surface area contributed by atoms with Crippen molar-refractivity contribution >= 4 is 6.09 Å². The van der Waals surface area contributed by atoms with Crippen LogP contribution in [0.25, 0.3) is 0 Å². The predicted octanol–water partition coefficient (Wildman–Crippen LogP) is 1.47. The van der Waals surface area contributed by atoms with Crippen molar-refractivity contribution in [1.29, 1.82) is 0 Å². The van der Waals surface area contributed by atoms with Crippen LogP contribution in [0.5, 0.6) is 0 Å². The number of nitrogens with zero attached hydrogens (tertiary/aromatic N) is 1. The van der Waals surface area contributed by atoms with Crippen molar-refractivity contribution in [2.45, 2.75) is 57.4 Å². The monoisotopic (exact) mass is 277 g/mol. The fourth-order valence-corrected chi connectivity index (χ4v) is 2.02. The zero-order valence-corrected chi connectivity index (χ0v) is 11.9. The standard InChI is InChI=1S/C13H24FNO4/c1-12(2,5-4-8-16)19-11(17)15-7-6-13(3,18)10(14)9-15/h10,16,18H,4-9H2,1-3H3/t10-,13?/m1/s1. The van der Waals surface area contributed by atoms with E-state index in [0.29, 0.717) is 12.8 Å². The van der Waals surface area contributed by atoms with Crippen LogP contribution in [0.15, 0.2) is 0 Å². The molecule has 0 spiro atoms. The van der Waals surface area contributed by atoms with Crippen LogP contribution in [-0.4, -0.2) is 58.3 Å². The van der Waals surface area contributed by atoms with Crippen molar-refractivity contribution in [3.05, 3.63) is 0 Å². The van der Waals surface area contributed by atoms with E-state index in [0.717, 1.165) is 0 Å². The van der Waals surface area contributed by atoms with Gasteiger partial charge in [0, 0.05) is 13.2 Å². The van der Waals surface area contributed by atoms with Crippen LogP contribution in [-0.2, 0) is 4.74 Å². The molecule has 1 rings (SSSR count). The lowest BCUT2D eigenvalue weighted by Crippen LogP contribution is -2.54. The lowest BCUT2D eigenvalue weighted by atomic mass is 9.92. The van der Waals surface area contributed by atoms with Gasteiger partial charge in [0.05, 0.1) is 12.1 Å². The minimum absolute atomic E-state index is 0.0418. The molecule has 1 fully saturated rings. The molecule has 112 valence electrons. The Hall–Kier alpha value is -0.880. The van der Waals surface area contributed by atoms with E-state index in [9.17, 15) is 14.3 Å². The Labute approximate surface area is 113 Å². The van der Waals surface area contributed by atoms with Crippen molar-refractivity contribution < 1.29 is 24.1 Å². The van der Waals surface area contributed by atoms with Gasteiger partial charge in [-0.25, -0.2) is 9.18 Å². The predicted molar refractivity (Wildman–Crippen MR) is 68.6 cm³/mol. The molecule has 2 N–H and O–H groups in total. The molecule has 1 aliphatic heterocycles. The summed E-state index contributed by atoms with van der Waals surface area (Å²) in [5.74, 6) is 0. The molecule has 19 heavy (non-hydrogen) atoms. The Bertz CT molecular complexity index is 320. The van der Waals surface area contributed by atoms with Crippen LogP contribution in [0, 0.1) is 0 Å². The lowest BCUT2D eigenvalue weighted by molar-refractivity contribution is -0.0755. The van der Waals surface area contributed by atoms with Crippen LogP contribution in [0.4, 0.5) is 9.18 Å². The SMILES string of the molecule is CC(C)(CCCO)OC(=O)N1CCC(C)(O)[C@H](F)C1. The van der Waals surface area contributed by atoms with Crippen molar-refractivity contribution in [1.82, 2.24) is 4.90 Å².